The Morgan fingerprint density at radius 3 is 2.80 bits per heavy atom. The molecule has 1 saturated heterocycles. The lowest BCUT2D eigenvalue weighted by molar-refractivity contribution is 0.114. The van der Waals surface area contributed by atoms with E-state index in [0.717, 1.165) is 44.1 Å². The first kappa shape index (κ1) is 14.7. The second-order valence-corrected chi connectivity index (χ2v) is 4.88. The normalized spacial score (nSPS) is 19.1. The molecule has 1 atom stereocenters. The zero-order chi connectivity index (χ0) is 14.2. The molecule has 20 heavy (non-hydrogen) atoms. The summed E-state index contributed by atoms with van der Waals surface area (Å²) in [5.74, 6) is 1.08. The molecule has 0 saturated carbocycles. The number of hydrogen-bond donors (Lipinski definition) is 3. The summed E-state index contributed by atoms with van der Waals surface area (Å²) in [6.07, 6.45) is 2.56. The number of nitrogens with zero attached hydrogens (tertiary/aromatic N) is 1. The molecule has 1 aliphatic heterocycles. The molecular weight excluding hydrogens is 254 g/mol. The van der Waals surface area contributed by atoms with Crippen LogP contribution in [-0.4, -0.2) is 36.9 Å². The van der Waals surface area contributed by atoms with E-state index in [9.17, 15) is 5.11 Å². The molecule has 1 aromatic carbocycles. The summed E-state index contributed by atoms with van der Waals surface area (Å²) < 4.78 is 5.58. The summed E-state index contributed by atoms with van der Waals surface area (Å²) in [7, 11) is 0. The van der Waals surface area contributed by atoms with Gasteiger partial charge in [-0.15, -0.1) is 0 Å². The number of benzene rings is 1. The average molecular weight is 277 g/mol. The van der Waals surface area contributed by atoms with E-state index in [4.69, 9.17) is 4.74 Å². The fourth-order valence-corrected chi connectivity index (χ4v) is 2.13. The lowest BCUT2D eigenvalue weighted by atomic mass is 10.2. The number of aromatic hydroxyl groups is 1. The van der Waals surface area contributed by atoms with Gasteiger partial charge in [0.15, 0.2) is 5.96 Å². The molecule has 110 valence electrons. The lowest BCUT2D eigenvalue weighted by Crippen LogP contribution is -2.41. The van der Waals surface area contributed by atoms with Crippen LogP contribution in [0, 0.1) is 0 Å². The number of aliphatic imine (C=N–C) groups is 1. The van der Waals surface area contributed by atoms with Gasteiger partial charge in [0.2, 0.25) is 0 Å². The van der Waals surface area contributed by atoms with Crippen LogP contribution in [0.1, 0.15) is 25.3 Å². The maximum Gasteiger partial charge on any atom is 0.191 e. The topological polar surface area (TPSA) is 65.9 Å². The zero-order valence-electron chi connectivity index (χ0n) is 11.9. The first-order valence-electron chi connectivity index (χ1n) is 7.19. The minimum Gasteiger partial charge on any atom is -0.508 e. The van der Waals surface area contributed by atoms with Gasteiger partial charge < -0.3 is 20.5 Å². The fourth-order valence-electron chi connectivity index (χ4n) is 2.13. The maximum atomic E-state index is 9.25. The number of ether oxygens (including phenoxy) is 1. The monoisotopic (exact) mass is 277 g/mol. The SMILES string of the molecule is CCNC(=NCc1ccc(O)cc1)NCC1CCCO1. The Morgan fingerprint density at radius 1 is 1.35 bits per heavy atom. The maximum absolute atomic E-state index is 9.25. The summed E-state index contributed by atoms with van der Waals surface area (Å²) in [6, 6.07) is 7.11. The Hall–Kier alpha value is -1.75. The highest BCUT2D eigenvalue weighted by Gasteiger charge is 2.15. The summed E-state index contributed by atoms with van der Waals surface area (Å²) in [5.41, 5.74) is 1.07. The van der Waals surface area contributed by atoms with E-state index in [1.807, 2.05) is 19.1 Å². The summed E-state index contributed by atoms with van der Waals surface area (Å²) in [5, 5.41) is 15.8. The van der Waals surface area contributed by atoms with Crippen molar-refractivity contribution < 1.29 is 9.84 Å². The van der Waals surface area contributed by atoms with Gasteiger partial charge in [0.05, 0.1) is 12.6 Å². The van der Waals surface area contributed by atoms with Crippen molar-refractivity contribution in [1.82, 2.24) is 10.6 Å². The van der Waals surface area contributed by atoms with Crippen molar-refractivity contribution in [1.29, 1.82) is 0 Å². The van der Waals surface area contributed by atoms with E-state index >= 15 is 0 Å². The smallest absolute Gasteiger partial charge is 0.191 e. The van der Waals surface area contributed by atoms with Crippen molar-refractivity contribution in [3.63, 3.8) is 0 Å². The molecule has 0 spiro atoms. The highest BCUT2D eigenvalue weighted by Crippen LogP contribution is 2.11. The quantitative estimate of drug-likeness (QED) is 0.565. The Bertz CT molecular complexity index is 425. The number of phenols is 1. The minimum atomic E-state index is 0.279. The second-order valence-electron chi connectivity index (χ2n) is 4.88. The number of nitrogens with one attached hydrogen (secondary N) is 2. The third kappa shape index (κ3) is 4.74. The molecular formula is C15H23N3O2. The fraction of sp³-hybridized carbons (Fsp3) is 0.533. The van der Waals surface area contributed by atoms with Crippen molar-refractivity contribution in [2.75, 3.05) is 19.7 Å². The molecule has 3 N–H and O–H groups in total. The molecule has 0 aromatic heterocycles. The van der Waals surface area contributed by atoms with Gasteiger partial charge in [0.1, 0.15) is 5.75 Å². The van der Waals surface area contributed by atoms with Crippen LogP contribution in [0.15, 0.2) is 29.3 Å². The van der Waals surface area contributed by atoms with Gasteiger partial charge in [0.25, 0.3) is 0 Å². The molecule has 0 radical (unpaired) electrons. The van der Waals surface area contributed by atoms with Gasteiger partial charge in [-0.3, -0.25) is 0 Å². The molecule has 1 aliphatic rings. The Labute approximate surface area is 120 Å². The van der Waals surface area contributed by atoms with E-state index < -0.39 is 0 Å². The van der Waals surface area contributed by atoms with Gasteiger partial charge in [-0.2, -0.15) is 0 Å². The van der Waals surface area contributed by atoms with Gasteiger partial charge >= 0.3 is 0 Å². The van der Waals surface area contributed by atoms with Crippen LogP contribution in [0.5, 0.6) is 5.75 Å². The molecule has 1 unspecified atom stereocenters. The van der Waals surface area contributed by atoms with Crippen molar-refractivity contribution in [2.24, 2.45) is 4.99 Å². The van der Waals surface area contributed by atoms with Gasteiger partial charge in [0, 0.05) is 19.7 Å². The van der Waals surface area contributed by atoms with E-state index in [2.05, 4.69) is 15.6 Å². The van der Waals surface area contributed by atoms with Crippen LogP contribution >= 0.6 is 0 Å². The number of hydrogen-bond acceptors (Lipinski definition) is 3. The zero-order valence-corrected chi connectivity index (χ0v) is 11.9. The summed E-state index contributed by atoms with van der Waals surface area (Å²) in [4.78, 5) is 4.53. The molecule has 1 heterocycles. The third-order valence-corrected chi connectivity index (χ3v) is 3.22. The van der Waals surface area contributed by atoms with Crippen LogP contribution in [0.2, 0.25) is 0 Å². The van der Waals surface area contributed by atoms with E-state index in [0.29, 0.717) is 12.6 Å². The van der Waals surface area contributed by atoms with Crippen molar-refractivity contribution in [3.05, 3.63) is 29.8 Å². The lowest BCUT2D eigenvalue weighted by Gasteiger charge is -2.14. The predicted molar refractivity (Wildman–Crippen MR) is 79.9 cm³/mol. The Morgan fingerprint density at radius 2 is 2.15 bits per heavy atom. The second kappa shape index (κ2) is 7.75. The average Bonchev–Trinajstić information content (AvgIpc) is 2.97. The van der Waals surface area contributed by atoms with E-state index in [-0.39, 0.29) is 5.75 Å². The van der Waals surface area contributed by atoms with E-state index in [1.54, 1.807) is 12.1 Å². The first-order chi connectivity index (χ1) is 9.78. The summed E-state index contributed by atoms with van der Waals surface area (Å²) in [6.45, 7) is 5.12. The minimum absolute atomic E-state index is 0.279. The number of phenolic OH excluding ortho intramolecular Hbond substituents is 1. The molecule has 5 nitrogen and oxygen atoms in total. The van der Waals surface area contributed by atoms with Crippen molar-refractivity contribution >= 4 is 5.96 Å². The van der Waals surface area contributed by atoms with Crippen LogP contribution < -0.4 is 10.6 Å². The molecule has 2 rings (SSSR count). The molecule has 0 bridgehead atoms. The Balaban J connectivity index is 1.85. The Kier molecular flexibility index (Phi) is 5.68. The molecule has 0 amide bonds. The third-order valence-electron chi connectivity index (χ3n) is 3.22. The van der Waals surface area contributed by atoms with Gasteiger partial charge in [-0.1, -0.05) is 12.1 Å². The molecule has 1 fully saturated rings. The van der Waals surface area contributed by atoms with Gasteiger partial charge in [-0.05, 0) is 37.5 Å². The molecule has 5 heteroatoms. The van der Waals surface area contributed by atoms with Crippen LogP contribution in [0.25, 0.3) is 0 Å². The van der Waals surface area contributed by atoms with Crippen LogP contribution in [-0.2, 0) is 11.3 Å². The number of guanidine groups is 1. The standard InChI is InChI=1S/C15H23N3O2/c1-2-16-15(18-11-14-4-3-9-20-14)17-10-12-5-7-13(19)8-6-12/h5-8,14,19H,2-4,9-11H2,1H3,(H2,16,17,18). The van der Waals surface area contributed by atoms with E-state index in [1.165, 1.54) is 0 Å². The highest BCUT2D eigenvalue weighted by molar-refractivity contribution is 5.79. The molecule has 0 aliphatic carbocycles. The molecule has 1 aromatic rings. The van der Waals surface area contributed by atoms with Crippen LogP contribution in [0.3, 0.4) is 0 Å². The summed E-state index contributed by atoms with van der Waals surface area (Å²) >= 11 is 0. The highest BCUT2D eigenvalue weighted by atomic mass is 16.5. The number of rotatable bonds is 5. The largest absolute Gasteiger partial charge is 0.508 e. The van der Waals surface area contributed by atoms with Crippen molar-refractivity contribution in [3.8, 4) is 5.75 Å². The first-order valence-corrected chi connectivity index (χ1v) is 7.19. The predicted octanol–water partition coefficient (Wildman–Crippen LogP) is 1.63. The van der Waals surface area contributed by atoms with Crippen LogP contribution in [0.4, 0.5) is 0 Å². The van der Waals surface area contributed by atoms with Crippen molar-refractivity contribution in [2.45, 2.75) is 32.4 Å². The van der Waals surface area contributed by atoms with Gasteiger partial charge in [-0.25, -0.2) is 4.99 Å².